The van der Waals surface area contributed by atoms with Gasteiger partial charge < -0.3 is 10.4 Å². The van der Waals surface area contributed by atoms with E-state index in [-0.39, 0.29) is 12.5 Å². The van der Waals surface area contributed by atoms with Gasteiger partial charge in [0.1, 0.15) is 5.82 Å². The van der Waals surface area contributed by atoms with Crippen LogP contribution in [0.25, 0.3) is 0 Å². The molecule has 1 aromatic heterocycles. The van der Waals surface area contributed by atoms with Gasteiger partial charge in [-0.15, -0.1) is 0 Å². The molecule has 1 aromatic carbocycles. The molecule has 1 heterocycles. The van der Waals surface area contributed by atoms with Crippen LogP contribution in [0.5, 0.6) is 0 Å². The molecule has 0 aliphatic carbocycles. The molecule has 0 aliphatic heterocycles. The molecule has 2 rings (SSSR count). The number of halogens is 1. The van der Waals surface area contributed by atoms with E-state index < -0.39 is 23.7 Å². The number of carbonyl (C=O) groups is 2. The summed E-state index contributed by atoms with van der Waals surface area (Å²) < 4.78 is 14.8. The number of aromatic nitrogens is 2. The Morgan fingerprint density at radius 1 is 1.29 bits per heavy atom. The normalized spacial score (nSPS) is 12.2. The van der Waals surface area contributed by atoms with Gasteiger partial charge in [-0.25, -0.2) is 4.39 Å². The molecule has 1 unspecified atom stereocenters. The fourth-order valence-electron chi connectivity index (χ4n) is 2.52. The number of carboxylic acids is 1. The highest BCUT2D eigenvalue weighted by Crippen LogP contribution is 2.20. The van der Waals surface area contributed by atoms with Gasteiger partial charge in [0.15, 0.2) is 0 Å². The highest BCUT2D eigenvalue weighted by Gasteiger charge is 2.22. The van der Waals surface area contributed by atoms with Crippen LogP contribution < -0.4 is 5.32 Å². The predicted molar refractivity (Wildman–Crippen MR) is 86.2 cm³/mol. The minimum atomic E-state index is -1.06. The number of rotatable bonds is 6. The van der Waals surface area contributed by atoms with E-state index in [2.05, 4.69) is 10.4 Å². The number of aliphatic carboxylic acids is 1. The fourth-order valence-corrected chi connectivity index (χ4v) is 2.52. The molecule has 0 saturated carbocycles. The fraction of sp³-hybridized carbons (Fsp3) is 0.353. The van der Waals surface area contributed by atoms with Crippen LogP contribution in [-0.2, 0) is 4.79 Å². The zero-order valence-corrected chi connectivity index (χ0v) is 13.8. The molecule has 128 valence electrons. The van der Waals surface area contributed by atoms with E-state index >= 15 is 0 Å². The van der Waals surface area contributed by atoms with Gasteiger partial charge in [0.05, 0.1) is 24.2 Å². The third-order valence-electron chi connectivity index (χ3n) is 3.73. The second-order valence-corrected chi connectivity index (χ2v) is 5.86. The molecule has 0 aliphatic rings. The van der Waals surface area contributed by atoms with Crippen LogP contribution in [0.15, 0.2) is 30.5 Å². The molecule has 0 fully saturated rings. The molecule has 24 heavy (non-hydrogen) atoms. The molecular weight excluding hydrogens is 313 g/mol. The number of nitrogens with zero attached hydrogens (tertiary/aromatic N) is 2. The summed E-state index contributed by atoms with van der Waals surface area (Å²) in [6, 6.07) is 4.76. The Balaban J connectivity index is 2.24. The number of hydrogen-bond donors (Lipinski definition) is 2. The van der Waals surface area contributed by atoms with Crippen molar-refractivity contribution < 1.29 is 19.1 Å². The van der Waals surface area contributed by atoms with Gasteiger partial charge in [-0.05, 0) is 38.5 Å². The number of nitrogens with one attached hydrogen (secondary N) is 1. The average Bonchev–Trinajstić information content (AvgIpc) is 2.88. The number of carbonyl (C=O) groups excluding carboxylic acids is 1. The number of benzene rings is 1. The van der Waals surface area contributed by atoms with Gasteiger partial charge in [-0.2, -0.15) is 5.10 Å². The van der Waals surface area contributed by atoms with E-state index in [1.165, 1.54) is 30.5 Å². The molecule has 2 N–H and O–H groups in total. The van der Waals surface area contributed by atoms with Crippen molar-refractivity contribution in [3.63, 3.8) is 0 Å². The van der Waals surface area contributed by atoms with Gasteiger partial charge >= 0.3 is 5.97 Å². The number of carboxylic acid groups (broad SMARTS) is 1. The topological polar surface area (TPSA) is 84.2 Å². The Bertz CT molecular complexity index is 738. The molecule has 0 saturated heterocycles. The van der Waals surface area contributed by atoms with E-state index in [0.29, 0.717) is 16.8 Å². The van der Waals surface area contributed by atoms with E-state index in [1.807, 2.05) is 13.8 Å². The Morgan fingerprint density at radius 3 is 2.42 bits per heavy atom. The maximum atomic E-state index is 13.1. The minimum absolute atomic E-state index is 0.110. The van der Waals surface area contributed by atoms with Crippen LogP contribution in [0.1, 0.15) is 54.0 Å². The molecule has 0 radical (unpaired) electrons. The number of amides is 1. The lowest BCUT2D eigenvalue weighted by Crippen LogP contribution is -2.30. The summed E-state index contributed by atoms with van der Waals surface area (Å²) in [6.45, 7) is 5.69. The average molecular weight is 333 g/mol. The van der Waals surface area contributed by atoms with Crippen molar-refractivity contribution in [1.82, 2.24) is 15.1 Å². The van der Waals surface area contributed by atoms with Crippen molar-refractivity contribution in [2.45, 2.75) is 39.3 Å². The molecule has 2 aromatic rings. The molecule has 6 nitrogen and oxygen atoms in total. The first-order chi connectivity index (χ1) is 11.3. The zero-order valence-electron chi connectivity index (χ0n) is 13.8. The Labute approximate surface area is 139 Å². The molecule has 0 bridgehead atoms. The van der Waals surface area contributed by atoms with Gasteiger partial charge in [-0.1, -0.05) is 12.1 Å². The van der Waals surface area contributed by atoms with E-state index in [9.17, 15) is 14.0 Å². The summed E-state index contributed by atoms with van der Waals surface area (Å²) in [5.41, 5.74) is 1.62. The van der Waals surface area contributed by atoms with Gasteiger partial charge in [0.2, 0.25) is 0 Å². The summed E-state index contributed by atoms with van der Waals surface area (Å²) in [5.74, 6) is -1.89. The maximum absolute atomic E-state index is 13.1. The maximum Gasteiger partial charge on any atom is 0.305 e. The summed E-state index contributed by atoms with van der Waals surface area (Å²) in [4.78, 5) is 23.6. The molecule has 0 spiro atoms. The van der Waals surface area contributed by atoms with Crippen molar-refractivity contribution in [3.05, 3.63) is 53.1 Å². The Morgan fingerprint density at radius 2 is 1.92 bits per heavy atom. The van der Waals surface area contributed by atoms with E-state index in [4.69, 9.17) is 5.11 Å². The summed E-state index contributed by atoms with van der Waals surface area (Å²) >= 11 is 0. The monoisotopic (exact) mass is 333 g/mol. The van der Waals surface area contributed by atoms with Gasteiger partial charge in [-0.3, -0.25) is 14.3 Å². The highest BCUT2D eigenvalue weighted by atomic mass is 19.1. The lowest BCUT2D eigenvalue weighted by atomic mass is 10.0. The van der Waals surface area contributed by atoms with Crippen LogP contribution in [0.2, 0.25) is 0 Å². The van der Waals surface area contributed by atoms with Gasteiger partial charge in [0.25, 0.3) is 5.91 Å². The highest BCUT2D eigenvalue weighted by molar-refractivity contribution is 5.95. The number of hydrogen-bond acceptors (Lipinski definition) is 3. The standard InChI is InChI=1S/C17H20FN3O3/c1-10(2)21-11(3)14(9-19-21)17(24)20-15(8-16(22)23)12-4-6-13(18)7-5-12/h4-7,9-10,15H,8H2,1-3H3,(H,20,24)(H,22,23). The Kier molecular flexibility index (Phi) is 5.33. The summed E-state index contributed by atoms with van der Waals surface area (Å²) in [6.07, 6.45) is 1.17. The van der Waals surface area contributed by atoms with Crippen molar-refractivity contribution >= 4 is 11.9 Å². The first kappa shape index (κ1) is 17.7. The van der Waals surface area contributed by atoms with Crippen LogP contribution in [0, 0.1) is 12.7 Å². The van der Waals surface area contributed by atoms with Crippen LogP contribution >= 0.6 is 0 Å². The van der Waals surface area contributed by atoms with Crippen LogP contribution in [0.4, 0.5) is 4.39 Å². The minimum Gasteiger partial charge on any atom is -0.481 e. The molecule has 1 amide bonds. The van der Waals surface area contributed by atoms with Crippen molar-refractivity contribution in [1.29, 1.82) is 0 Å². The van der Waals surface area contributed by atoms with E-state index in [1.54, 1.807) is 11.6 Å². The lowest BCUT2D eigenvalue weighted by molar-refractivity contribution is -0.137. The van der Waals surface area contributed by atoms with E-state index in [0.717, 1.165) is 0 Å². The Hall–Kier alpha value is -2.70. The van der Waals surface area contributed by atoms with Crippen molar-refractivity contribution in [2.75, 3.05) is 0 Å². The molecule has 7 heteroatoms. The third-order valence-corrected chi connectivity index (χ3v) is 3.73. The van der Waals surface area contributed by atoms with Gasteiger partial charge in [0, 0.05) is 11.7 Å². The molecule has 1 atom stereocenters. The third kappa shape index (κ3) is 3.98. The lowest BCUT2D eigenvalue weighted by Gasteiger charge is -2.17. The first-order valence-corrected chi connectivity index (χ1v) is 7.61. The molecular formula is C17H20FN3O3. The van der Waals surface area contributed by atoms with Crippen molar-refractivity contribution in [2.24, 2.45) is 0 Å². The van der Waals surface area contributed by atoms with Crippen LogP contribution in [0.3, 0.4) is 0 Å². The van der Waals surface area contributed by atoms with Crippen molar-refractivity contribution in [3.8, 4) is 0 Å². The largest absolute Gasteiger partial charge is 0.481 e. The predicted octanol–water partition coefficient (Wildman–Crippen LogP) is 2.86. The quantitative estimate of drug-likeness (QED) is 0.851. The second kappa shape index (κ2) is 7.25. The second-order valence-electron chi connectivity index (χ2n) is 5.86. The van der Waals surface area contributed by atoms with Crippen LogP contribution in [-0.4, -0.2) is 26.8 Å². The zero-order chi connectivity index (χ0) is 17.9. The summed E-state index contributed by atoms with van der Waals surface area (Å²) in [7, 11) is 0. The summed E-state index contributed by atoms with van der Waals surface area (Å²) in [5, 5.41) is 15.9. The SMILES string of the molecule is Cc1c(C(=O)NC(CC(=O)O)c2ccc(F)cc2)cnn1C(C)C. The smallest absolute Gasteiger partial charge is 0.305 e. The first-order valence-electron chi connectivity index (χ1n) is 7.61.